The maximum Gasteiger partial charge on any atom is 0.451 e. The Bertz CT molecular complexity index is 176. The molecule has 108 valence electrons. The number of hydrogen-bond donors (Lipinski definition) is 3. The third-order valence-electron chi connectivity index (χ3n) is 3.36. The zero-order valence-electron chi connectivity index (χ0n) is 12.1. The van der Waals surface area contributed by atoms with Crippen LogP contribution in [0.15, 0.2) is 0 Å². The van der Waals surface area contributed by atoms with E-state index in [1.54, 1.807) is 0 Å². The number of nitrogens with two attached hydrogens (primary N) is 1. The van der Waals surface area contributed by atoms with Gasteiger partial charge >= 0.3 is 7.12 Å². The molecule has 0 aliphatic carbocycles. The van der Waals surface area contributed by atoms with Crippen LogP contribution in [0.1, 0.15) is 52.4 Å². The quantitative estimate of drug-likeness (QED) is 0.605. The fraction of sp³-hybridized carbons (Fsp3) is 1.00. The Morgan fingerprint density at radius 3 is 2.22 bits per heavy atom. The number of nitrogens with zero attached hydrogens (tertiary/aromatic N) is 1. The summed E-state index contributed by atoms with van der Waals surface area (Å²) >= 11 is 0. The van der Waals surface area contributed by atoms with Gasteiger partial charge in [0.2, 0.25) is 0 Å². The van der Waals surface area contributed by atoms with Gasteiger partial charge in [0.25, 0.3) is 0 Å². The van der Waals surface area contributed by atoms with Crippen molar-refractivity contribution in [1.82, 2.24) is 4.90 Å². The second-order valence-electron chi connectivity index (χ2n) is 5.13. The Labute approximate surface area is 113 Å². The monoisotopic (exact) mass is 258 g/mol. The summed E-state index contributed by atoms with van der Waals surface area (Å²) in [5.74, 6) is 0. The van der Waals surface area contributed by atoms with Crippen LogP contribution in [0.25, 0.3) is 0 Å². The van der Waals surface area contributed by atoms with Crippen molar-refractivity contribution in [2.45, 2.75) is 64.7 Å². The van der Waals surface area contributed by atoms with Gasteiger partial charge in [-0.1, -0.05) is 26.7 Å². The van der Waals surface area contributed by atoms with Gasteiger partial charge in [0.05, 0.1) is 0 Å². The van der Waals surface area contributed by atoms with Gasteiger partial charge in [-0.25, -0.2) is 0 Å². The van der Waals surface area contributed by atoms with E-state index in [4.69, 9.17) is 15.8 Å². The van der Waals surface area contributed by atoms with Crippen molar-refractivity contribution in [2.75, 3.05) is 19.6 Å². The lowest BCUT2D eigenvalue weighted by Gasteiger charge is -2.16. The molecule has 1 heterocycles. The first-order valence-corrected chi connectivity index (χ1v) is 7.44. The zero-order chi connectivity index (χ0) is 13.8. The van der Waals surface area contributed by atoms with Crippen LogP contribution in [0.2, 0.25) is 6.32 Å². The van der Waals surface area contributed by atoms with Crippen LogP contribution in [0.5, 0.6) is 0 Å². The predicted molar refractivity (Wildman–Crippen MR) is 78.5 cm³/mol. The molecule has 0 spiro atoms. The van der Waals surface area contributed by atoms with E-state index in [-0.39, 0.29) is 0 Å². The van der Waals surface area contributed by atoms with E-state index in [9.17, 15) is 0 Å². The summed E-state index contributed by atoms with van der Waals surface area (Å²) in [6.45, 7) is 8.00. The van der Waals surface area contributed by atoms with Crippen molar-refractivity contribution >= 4 is 7.12 Å². The molecular weight excluding hydrogens is 227 g/mol. The van der Waals surface area contributed by atoms with Crippen molar-refractivity contribution in [3.8, 4) is 0 Å². The molecule has 4 nitrogen and oxygen atoms in total. The normalized spacial score (nSPS) is 17.2. The molecule has 0 amide bonds. The maximum atomic E-state index is 8.24. The van der Waals surface area contributed by atoms with E-state index >= 15 is 0 Å². The molecule has 1 aliphatic heterocycles. The lowest BCUT2D eigenvalue weighted by Crippen LogP contribution is -2.28. The largest absolute Gasteiger partial charge is 0.451 e. The number of rotatable bonds is 7. The molecule has 1 atom stereocenters. The molecule has 0 aromatic rings. The molecule has 0 unspecified atom stereocenters. The highest BCUT2D eigenvalue weighted by Crippen LogP contribution is 2.08. The van der Waals surface area contributed by atoms with E-state index in [2.05, 4.69) is 11.8 Å². The SMILES string of the molecule is CCCCB(O)O.CC[C@H](N)CCN1CCCC1. The van der Waals surface area contributed by atoms with Crippen LogP contribution in [0.3, 0.4) is 0 Å². The van der Waals surface area contributed by atoms with Gasteiger partial charge in [0.1, 0.15) is 0 Å². The first kappa shape index (κ1) is 17.9. The minimum absolute atomic E-state index is 0.426. The number of unbranched alkanes of at least 4 members (excludes halogenated alkanes) is 1. The van der Waals surface area contributed by atoms with Crippen molar-refractivity contribution in [3.05, 3.63) is 0 Å². The van der Waals surface area contributed by atoms with E-state index < -0.39 is 7.12 Å². The molecule has 0 aromatic carbocycles. The average Bonchev–Trinajstić information content (AvgIpc) is 2.87. The summed E-state index contributed by atoms with van der Waals surface area (Å²) in [5, 5.41) is 16.5. The molecule has 0 saturated carbocycles. The summed E-state index contributed by atoms with van der Waals surface area (Å²) in [7, 11) is -1.10. The first-order chi connectivity index (χ1) is 8.60. The van der Waals surface area contributed by atoms with Gasteiger partial charge in [-0.2, -0.15) is 0 Å². The van der Waals surface area contributed by atoms with Crippen LogP contribution in [0, 0.1) is 0 Å². The van der Waals surface area contributed by atoms with Crippen molar-refractivity contribution in [1.29, 1.82) is 0 Å². The first-order valence-electron chi connectivity index (χ1n) is 7.44. The highest BCUT2D eigenvalue weighted by Gasteiger charge is 2.11. The maximum absolute atomic E-state index is 8.24. The van der Waals surface area contributed by atoms with E-state index in [0.29, 0.717) is 12.4 Å². The van der Waals surface area contributed by atoms with Crippen molar-refractivity contribution < 1.29 is 10.0 Å². The Hall–Kier alpha value is -0.0951. The average molecular weight is 258 g/mol. The van der Waals surface area contributed by atoms with Gasteiger partial charge in [-0.15, -0.1) is 0 Å². The highest BCUT2D eigenvalue weighted by atomic mass is 16.4. The summed E-state index contributed by atoms with van der Waals surface area (Å²) in [4.78, 5) is 2.52. The third-order valence-corrected chi connectivity index (χ3v) is 3.36. The minimum Gasteiger partial charge on any atom is -0.427 e. The van der Waals surface area contributed by atoms with Gasteiger partial charge in [-0.05, 0) is 51.6 Å². The third kappa shape index (κ3) is 11.0. The summed E-state index contributed by atoms with van der Waals surface area (Å²) in [6.07, 6.45) is 7.51. The summed E-state index contributed by atoms with van der Waals surface area (Å²) in [6, 6.07) is 0.426. The summed E-state index contributed by atoms with van der Waals surface area (Å²) < 4.78 is 0. The van der Waals surface area contributed by atoms with Crippen LogP contribution in [-0.4, -0.2) is 47.7 Å². The zero-order valence-corrected chi connectivity index (χ0v) is 12.1. The Kier molecular flexibility index (Phi) is 11.9. The molecule has 5 heteroatoms. The number of hydrogen-bond acceptors (Lipinski definition) is 4. The van der Waals surface area contributed by atoms with Gasteiger partial charge in [0.15, 0.2) is 0 Å². The van der Waals surface area contributed by atoms with E-state index in [1.807, 2.05) is 6.92 Å². The van der Waals surface area contributed by atoms with Crippen LogP contribution in [-0.2, 0) is 0 Å². The van der Waals surface area contributed by atoms with Crippen molar-refractivity contribution in [2.24, 2.45) is 5.73 Å². The minimum atomic E-state index is -1.10. The van der Waals surface area contributed by atoms with Crippen molar-refractivity contribution in [3.63, 3.8) is 0 Å². The second kappa shape index (κ2) is 12.0. The molecule has 1 saturated heterocycles. The molecule has 1 rings (SSSR count). The molecule has 0 aromatic heterocycles. The molecule has 18 heavy (non-hydrogen) atoms. The summed E-state index contributed by atoms with van der Waals surface area (Å²) in [5.41, 5.74) is 5.82. The molecule has 0 bridgehead atoms. The topological polar surface area (TPSA) is 69.7 Å². The molecular formula is C13H31BN2O2. The van der Waals surface area contributed by atoms with Gasteiger partial charge in [0, 0.05) is 6.04 Å². The predicted octanol–water partition coefficient (Wildman–Crippen LogP) is 1.47. The molecule has 1 fully saturated rings. The fourth-order valence-corrected chi connectivity index (χ4v) is 1.95. The Morgan fingerprint density at radius 2 is 1.83 bits per heavy atom. The number of likely N-dealkylation sites (tertiary alicyclic amines) is 1. The highest BCUT2D eigenvalue weighted by molar-refractivity contribution is 6.40. The van der Waals surface area contributed by atoms with Crippen LogP contribution >= 0.6 is 0 Å². The van der Waals surface area contributed by atoms with Gasteiger partial charge in [-0.3, -0.25) is 0 Å². The van der Waals surface area contributed by atoms with E-state index in [0.717, 1.165) is 19.3 Å². The fourth-order valence-electron chi connectivity index (χ4n) is 1.95. The lowest BCUT2D eigenvalue weighted by molar-refractivity contribution is 0.320. The Morgan fingerprint density at radius 1 is 1.22 bits per heavy atom. The standard InChI is InChI=1S/C9H20N2.C4H11BO2/c1-2-9(10)5-8-11-6-3-4-7-11;1-2-3-4-5(6)7/h9H,2-8,10H2,1H3;6-7H,2-4H2,1H3/t9-;/m0./s1. The smallest absolute Gasteiger partial charge is 0.427 e. The van der Waals surface area contributed by atoms with E-state index in [1.165, 1.54) is 38.9 Å². The van der Waals surface area contributed by atoms with Gasteiger partial charge < -0.3 is 20.7 Å². The van der Waals surface area contributed by atoms with Crippen LogP contribution < -0.4 is 5.73 Å². The molecule has 0 radical (unpaired) electrons. The van der Waals surface area contributed by atoms with Crippen LogP contribution in [0.4, 0.5) is 0 Å². The second-order valence-corrected chi connectivity index (χ2v) is 5.13. The molecule has 4 N–H and O–H groups in total. The lowest BCUT2D eigenvalue weighted by atomic mass is 9.84. The molecule has 1 aliphatic rings. The Balaban J connectivity index is 0.000000360.